The minimum absolute atomic E-state index is 0.274. The Morgan fingerprint density at radius 2 is 1.93 bits per heavy atom. The second-order valence-electron chi connectivity index (χ2n) is 2.63. The fraction of sp³-hybridized carbons (Fsp3) is 0. The molecule has 4 N–H and O–H groups in total. The Hall–Kier alpha value is -1.95. The summed E-state index contributed by atoms with van der Waals surface area (Å²) in [6, 6.07) is 0. The molecule has 0 saturated carbocycles. The van der Waals surface area contributed by atoms with Crippen LogP contribution in [0.5, 0.6) is 0 Å². The molecule has 2 amide bonds. The molecule has 0 fully saturated rings. The predicted molar refractivity (Wildman–Crippen MR) is 53.2 cm³/mol. The number of hydrogen-bond acceptors (Lipinski definition) is 4. The minimum Gasteiger partial charge on any atom is -0.365 e. The second kappa shape index (κ2) is 3.66. The first-order valence-corrected chi connectivity index (χ1v) is 4.12. The lowest BCUT2D eigenvalue weighted by Gasteiger charge is -1.97. The van der Waals surface area contributed by atoms with E-state index < -0.39 is 28.1 Å². The molecule has 15 heavy (non-hydrogen) atoms. The monoisotopic (exact) mass is 230 g/mol. The molecule has 1 unspecified atom stereocenters. The third kappa shape index (κ3) is 1.79. The van der Waals surface area contributed by atoms with Crippen molar-refractivity contribution in [1.29, 1.82) is 0 Å². The van der Waals surface area contributed by atoms with Crippen LogP contribution < -0.4 is 11.5 Å². The van der Waals surface area contributed by atoms with Crippen LogP contribution in [0.1, 0.15) is 20.7 Å². The number of nitrogens with two attached hydrogens (primary N) is 2. The van der Waals surface area contributed by atoms with Crippen molar-refractivity contribution < 1.29 is 14.5 Å². The van der Waals surface area contributed by atoms with E-state index in [1.807, 2.05) is 9.39 Å². The summed E-state index contributed by atoms with van der Waals surface area (Å²) in [7, 11) is 1.96. The van der Waals surface area contributed by atoms with E-state index in [1.165, 1.54) is 0 Å². The summed E-state index contributed by atoms with van der Waals surface area (Å²) in [6.07, 6.45) is 1.06. The van der Waals surface area contributed by atoms with Gasteiger partial charge in [-0.15, -0.1) is 0 Å². The molecular formula is C6H7N4O4P. The third-order valence-corrected chi connectivity index (χ3v) is 2.08. The first kappa shape index (κ1) is 11.1. The lowest BCUT2D eigenvalue weighted by molar-refractivity contribution is -0.390. The number of carbonyl (C=O) groups is 2. The van der Waals surface area contributed by atoms with Gasteiger partial charge in [-0.1, -0.05) is 0 Å². The smallest absolute Gasteiger partial charge is 0.338 e. The Bertz CT molecular complexity index is 466. The van der Waals surface area contributed by atoms with Crippen molar-refractivity contribution >= 4 is 27.0 Å². The van der Waals surface area contributed by atoms with Gasteiger partial charge in [-0.2, -0.15) is 0 Å². The van der Waals surface area contributed by atoms with Gasteiger partial charge < -0.3 is 21.6 Å². The van der Waals surface area contributed by atoms with E-state index in [4.69, 9.17) is 11.5 Å². The van der Waals surface area contributed by atoms with Gasteiger partial charge in [0.05, 0.1) is 15.0 Å². The molecule has 1 aromatic heterocycles. The Morgan fingerprint density at radius 3 is 2.27 bits per heavy atom. The molecule has 1 aromatic rings. The molecule has 0 aliphatic rings. The van der Waals surface area contributed by atoms with Crippen LogP contribution in [0.2, 0.25) is 0 Å². The van der Waals surface area contributed by atoms with Gasteiger partial charge in [0.25, 0.3) is 11.8 Å². The molecular weight excluding hydrogens is 223 g/mol. The largest absolute Gasteiger partial charge is 0.365 e. The summed E-state index contributed by atoms with van der Waals surface area (Å²) in [5.41, 5.74) is 9.12. The highest BCUT2D eigenvalue weighted by atomic mass is 31.0. The molecule has 0 bridgehead atoms. The van der Waals surface area contributed by atoms with Crippen molar-refractivity contribution in [2.75, 3.05) is 0 Å². The first-order chi connectivity index (χ1) is 6.86. The highest BCUT2D eigenvalue weighted by molar-refractivity contribution is 7.14. The van der Waals surface area contributed by atoms with E-state index >= 15 is 0 Å². The lowest BCUT2D eigenvalue weighted by Crippen LogP contribution is -2.19. The predicted octanol–water partition coefficient (Wildman–Crippen LogP) is -0.768. The van der Waals surface area contributed by atoms with E-state index in [9.17, 15) is 19.7 Å². The van der Waals surface area contributed by atoms with Crippen LogP contribution in [0.25, 0.3) is 0 Å². The molecule has 8 nitrogen and oxygen atoms in total. The summed E-state index contributed by atoms with van der Waals surface area (Å²) in [5.74, 6) is -2.61. The van der Waals surface area contributed by atoms with Crippen molar-refractivity contribution in [1.82, 2.24) is 4.34 Å². The van der Waals surface area contributed by atoms with Crippen LogP contribution in [0.4, 0.5) is 5.82 Å². The van der Waals surface area contributed by atoms with Crippen molar-refractivity contribution in [3.05, 3.63) is 27.4 Å². The van der Waals surface area contributed by atoms with E-state index in [2.05, 4.69) is 0 Å². The van der Waals surface area contributed by atoms with Crippen molar-refractivity contribution in [3.8, 4) is 0 Å². The van der Waals surface area contributed by atoms with Gasteiger partial charge in [-0.25, -0.2) is 4.34 Å². The number of hydrogen-bond donors (Lipinski definition) is 2. The highest BCUT2D eigenvalue weighted by Gasteiger charge is 2.29. The van der Waals surface area contributed by atoms with Crippen molar-refractivity contribution in [3.63, 3.8) is 0 Å². The topological polar surface area (TPSA) is 134 Å². The number of primary amides is 2. The van der Waals surface area contributed by atoms with Crippen LogP contribution in [0, 0.1) is 10.1 Å². The Morgan fingerprint density at radius 1 is 1.40 bits per heavy atom. The molecule has 0 aliphatic heterocycles. The van der Waals surface area contributed by atoms with Crippen LogP contribution in [-0.4, -0.2) is 21.1 Å². The minimum atomic E-state index is -1.07. The molecule has 1 rings (SSSR count). The highest BCUT2D eigenvalue weighted by Crippen LogP contribution is 2.26. The summed E-state index contributed by atoms with van der Waals surface area (Å²) >= 11 is 0. The molecule has 9 heteroatoms. The number of amides is 2. The average molecular weight is 230 g/mol. The van der Waals surface area contributed by atoms with Crippen LogP contribution in [0.3, 0.4) is 0 Å². The molecule has 0 spiro atoms. The molecule has 0 aromatic carbocycles. The van der Waals surface area contributed by atoms with E-state index in [1.54, 1.807) is 0 Å². The summed E-state index contributed by atoms with van der Waals surface area (Å²) in [5, 5.41) is 10.6. The number of nitrogens with zero attached hydrogens (tertiary/aromatic N) is 2. The van der Waals surface area contributed by atoms with Gasteiger partial charge in [0.15, 0.2) is 0 Å². The Labute approximate surface area is 85.6 Å². The summed E-state index contributed by atoms with van der Waals surface area (Å²) < 4.78 is 0.931. The van der Waals surface area contributed by atoms with E-state index in [0.717, 1.165) is 10.5 Å². The van der Waals surface area contributed by atoms with Gasteiger partial charge >= 0.3 is 5.82 Å². The number of carbonyl (C=O) groups excluding carboxylic acids is 2. The Kier molecular flexibility index (Phi) is 2.71. The number of aromatic nitrogens is 1. The molecule has 1 heterocycles. The number of nitro groups is 1. The van der Waals surface area contributed by atoms with Crippen LogP contribution >= 0.6 is 9.39 Å². The molecule has 0 radical (unpaired) electrons. The standard InChI is InChI=1S/C6H7N4O4P/c7-4(11)2-1-9(15)6(10(13)14)3(2)5(8)12/h1H,15H2,(H2,7,11)(H2,8,12). The molecule has 0 aliphatic carbocycles. The van der Waals surface area contributed by atoms with Gasteiger partial charge in [-0.05, 0) is 4.92 Å². The number of rotatable bonds is 3. The zero-order valence-corrected chi connectivity index (χ0v) is 8.49. The van der Waals surface area contributed by atoms with Gasteiger partial charge in [-0.3, -0.25) is 9.59 Å². The zero-order valence-electron chi connectivity index (χ0n) is 7.34. The quantitative estimate of drug-likeness (QED) is 0.400. The summed E-state index contributed by atoms with van der Waals surface area (Å²) in [4.78, 5) is 31.6. The van der Waals surface area contributed by atoms with Gasteiger partial charge in [0.2, 0.25) is 0 Å². The SMILES string of the molecule is NC(=O)c1cn(P)c([N+](=O)[O-])c1C(N)=O. The van der Waals surface area contributed by atoms with Crippen molar-refractivity contribution in [2.24, 2.45) is 11.5 Å². The van der Waals surface area contributed by atoms with Crippen LogP contribution in [-0.2, 0) is 0 Å². The van der Waals surface area contributed by atoms with Crippen LogP contribution in [0.15, 0.2) is 6.20 Å². The molecule has 0 saturated heterocycles. The normalized spacial score (nSPS) is 9.93. The van der Waals surface area contributed by atoms with Gasteiger partial charge in [0, 0.05) is 0 Å². The fourth-order valence-corrected chi connectivity index (χ4v) is 1.50. The summed E-state index contributed by atoms with van der Waals surface area (Å²) in [6.45, 7) is 0. The first-order valence-electron chi connectivity index (χ1n) is 3.60. The molecule has 80 valence electrons. The second-order valence-corrected chi connectivity index (χ2v) is 3.19. The third-order valence-electron chi connectivity index (χ3n) is 1.69. The average Bonchev–Trinajstić information content (AvgIpc) is 2.42. The maximum absolute atomic E-state index is 11.0. The van der Waals surface area contributed by atoms with Crippen molar-refractivity contribution in [2.45, 2.75) is 0 Å². The maximum atomic E-state index is 11.0. The molecule has 1 atom stereocenters. The maximum Gasteiger partial charge on any atom is 0.338 e. The van der Waals surface area contributed by atoms with Gasteiger partial charge in [0.1, 0.15) is 11.8 Å². The van der Waals surface area contributed by atoms with E-state index in [-0.39, 0.29) is 5.56 Å². The fourth-order valence-electron chi connectivity index (χ4n) is 1.13. The Balaban J connectivity index is 3.59. The lowest BCUT2D eigenvalue weighted by atomic mass is 10.1. The van der Waals surface area contributed by atoms with E-state index in [0.29, 0.717) is 0 Å². The zero-order chi connectivity index (χ0) is 11.7.